The summed E-state index contributed by atoms with van der Waals surface area (Å²) in [5.41, 5.74) is 10.0. The van der Waals surface area contributed by atoms with E-state index >= 15 is 0 Å². The average molecular weight is 647 g/mol. The molecule has 1 saturated heterocycles. The monoisotopic (exact) mass is 644 g/mol. The molecule has 7 rings (SSSR count). The van der Waals surface area contributed by atoms with Crippen molar-refractivity contribution in [2.75, 3.05) is 0 Å². The smallest absolute Gasteiger partial charge is 1.00 e. The molecule has 0 amide bonds. The van der Waals surface area contributed by atoms with Crippen LogP contribution in [0.25, 0.3) is 33.7 Å². The van der Waals surface area contributed by atoms with Gasteiger partial charge >= 0.3 is 234 Å². The zero-order chi connectivity index (χ0) is 26.0. The number of halogens is 2. The molecular formula is C37H40Cl2Zr. The molecule has 0 aromatic heterocycles. The van der Waals surface area contributed by atoms with Crippen molar-refractivity contribution in [3.05, 3.63) is 106 Å². The van der Waals surface area contributed by atoms with Crippen LogP contribution in [0.3, 0.4) is 0 Å². The fraction of sp³-hybridized carbons (Fsp3) is 0.351. The largest absolute Gasteiger partial charge is 1.00 e. The van der Waals surface area contributed by atoms with Gasteiger partial charge in [-0.25, -0.2) is 0 Å². The van der Waals surface area contributed by atoms with E-state index in [9.17, 15) is 0 Å². The fourth-order valence-electron chi connectivity index (χ4n) is 8.37. The minimum Gasteiger partial charge on any atom is -1.00 e. The zero-order valence-corrected chi connectivity index (χ0v) is 28.2. The van der Waals surface area contributed by atoms with Gasteiger partial charge in [-0.2, -0.15) is 0 Å². The number of allylic oxidation sites excluding steroid dienone is 2. The summed E-state index contributed by atoms with van der Waals surface area (Å²) >= 11 is -2.78. The Bertz CT molecular complexity index is 1510. The molecule has 0 spiro atoms. The second-order valence-electron chi connectivity index (χ2n) is 13.2. The summed E-state index contributed by atoms with van der Waals surface area (Å²) in [6, 6.07) is 28.1. The molecule has 1 heterocycles. The first kappa shape index (κ1) is 29.8. The van der Waals surface area contributed by atoms with Gasteiger partial charge in [-0.3, -0.25) is 0 Å². The van der Waals surface area contributed by atoms with E-state index in [0.717, 1.165) is 7.25 Å². The molecular weight excluding hydrogens is 607 g/mol. The molecule has 206 valence electrons. The summed E-state index contributed by atoms with van der Waals surface area (Å²) in [5.74, 6) is 1.39. The van der Waals surface area contributed by atoms with Crippen LogP contribution < -0.4 is 24.8 Å². The maximum absolute atomic E-state index is 2.78. The van der Waals surface area contributed by atoms with Gasteiger partial charge in [-0.05, 0) is 0 Å². The van der Waals surface area contributed by atoms with Crippen LogP contribution >= 0.6 is 0 Å². The van der Waals surface area contributed by atoms with Gasteiger partial charge in [-0.1, -0.05) is 0 Å². The van der Waals surface area contributed by atoms with Crippen molar-refractivity contribution in [2.45, 2.75) is 62.5 Å². The van der Waals surface area contributed by atoms with Crippen molar-refractivity contribution in [1.29, 1.82) is 0 Å². The zero-order valence-electron chi connectivity index (χ0n) is 24.2. The van der Waals surface area contributed by atoms with Crippen LogP contribution in [0, 0.1) is 11.8 Å². The molecule has 4 aromatic rings. The molecule has 3 aliphatic rings. The molecule has 1 fully saturated rings. The van der Waals surface area contributed by atoms with Crippen LogP contribution in [0.4, 0.5) is 0 Å². The molecule has 1 aliphatic heterocycles. The number of hydrogen-bond donors (Lipinski definition) is 0. The third kappa shape index (κ3) is 4.69. The van der Waals surface area contributed by atoms with Gasteiger partial charge in [0, 0.05) is 0 Å². The van der Waals surface area contributed by atoms with Crippen molar-refractivity contribution in [1.82, 2.24) is 0 Å². The van der Waals surface area contributed by atoms with Crippen molar-refractivity contribution < 1.29 is 45.1 Å². The van der Waals surface area contributed by atoms with E-state index < -0.39 is 20.3 Å². The molecule has 0 bridgehead atoms. The van der Waals surface area contributed by atoms with Crippen LogP contribution in [0.5, 0.6) is 0 Å². The van der Waals surface area contributed by atoms with E-state index in [0.29, 0.717) is 11.8 Å². The Balaban J connectivity index is 0.00000161. The first-order chi connectivity index (χ1) is 18.5. The summed E-state index contributed by atoms with van der Waals surface area (Å²) < 4.78 is 4.51. The van der Waals surface area contributed by atoms with Gasteiger partial charge < -0.3 is 24.8 Å². The van der Waals surface area contributed by atoms with E-state index in [1.54, 1.807) is 33.4 Å². The normalized spacial score (nSPS) is 19.6. The summed E-state index contributed by atoms with van der Waals surface area (Å²) in [5, 5.41) is 5.71. The molecule has 2 unspecified atom stereocenters. The predicted octanol–water partition coefficient (Wildman–Crippen LogP) is 5.06. The van der Waals surface area contributed by atoms with Gasteiger partial charge in [0.1, 0.15) is 0 Å². The summed E-state index contributed by atoms with van der Waals surface area (Å²) in [4.78, 5) is 0. The van der Waals surface area contributed by atoms with Crippen LogP contribution in [0.1, 0.15) is 76.5 Å². The van der Waals surface area contributed by atoms with Crippen LogP contribution in [-0.2, 0) is 20.3 Å². The van der Waals surface area contributed by atoms with Gasteiger partial charge in [0.15, 0.2) is 0 Å². The van der Waals surface area contributed by atoms with E-state index in [-0.39, 0.29) is 24.8 Å². The van der Waals surface area contributed by atoms with E-state index in [1.165, 1.54) is 49.1 Å². The van der Waals surface area contributed by atoms with Crippen molar-refractivity contribution in [3.63, 3.8) is 0 Å². The number of fused-ring (bicyclic) bond motifs is 6. The predicted molar refractivity (Wildman–Crippen MR) is 162 cm³/mol. The third-order valence-corrected chi connectivity index (χ3v) is 25.1. The molecule has 0 radical (unpaired) electrons. The standard InChI is InChI=1S/2C17H17.C3H6.2ClH.Zr/c2*1-12(2)9-13-10-15-8-7-14-5-3-4-6-16(14)17(15)11-13;1-3-2;;;/h2*3-8,10-12H,9H2,1-2H3;1-3H2;2*1H;/q;;;;;+2/p-2. The quantitative estimate of drug-likeness (QED) is 0.275. The Kier molecular flexibility index (Phi) is 8.61. The second kappa shape index (κ2) is 11.6. The van der Waals surface area contributed by atoms with Crippen molar-refractivity contribution >= 4 is 33.7 Å². The molecule has 2 aliphatic carbocycles. The summed E-state index contributed by atoms with van der Waals surface area (Å²) in [6.07, 6.45) is 9.27. The van der Waals surface area contributed by atoms with Crippen LogP contribution in [-0.4, -0.2) is 0 Å². The molecule has 0 saturated carbocycles. The molecule has 4 aromatic carbocycles. The number of benzene rings is 4. The maximum atomic E-state index is 2.67. The Hall–Kier alpha value is -1.66. The van der Waals surface area contributed by atoms with Gasteiger partial charge in [0.2, 0.25) is 0 Å². The maximum Gasteiger partial charge on any atom is -1.00 e. The Morgan fingerprint density at radius 1 is 0.600 bits per heavy atom. The summed E-state index contributed by atoms with van der Waals surface area (Å²) in [7, 11) is 0. The molecule has 0 nitrogen and oxygen atoms in total. The number of rotatable bonds is 6. The third-order valence-electron chi connectivity index (χ3n) is 9.75. The minimum atomic E-state index is -2.78. The van der Waals surface area contributed by atoms with E-state index in [4.69, 9.17) is 0 Å². The van der Waals surface area contributed by atoms with Gasteiger partial charge in [0.25, 0.3) is 0 Å². The topological polar surface area (TPSA) is 0 Å². The molecule has 40 heavy (non-hydrogen) atoms. The number of hydrogen-bond acceptors (Lipinski definition) is 0. The molecule has 3 heteroatoms. The first-order valence-corrected chi connectivity index (χ1v) is 21.2. The fourth-order valence-corrected chi connectivity index (χ4v) is 23.8. The van der Waals surface area contributed by atoms with Crippen LogP contribution in [0.2, 0.25) is 8.26 Å². The van der Waals surface area contributed by atoms with E-state index in [2.05, 4.69) is 113 Å². The first-order valence-electron chi connectivity index (χ1n) is 14.9. The second-order valence-corrected chi connectivity index (χ2v) is 24.5. The SMILES string of the molecule is CC(C)CC1=Cc2c(ccc3ccccc23)[CH]1[Zr+2]1([CH]2C(CC(C)C)=Cc3c2ccc2ccccc32)[CH2]C[CH2]1.[Cl-].[Cl-]. The molecule has 0 N–H and O–H groups in total. The van der Waals surface area contributed by atoms with Gasteiger partial charge in [0.05, 0.1) is 0 Å². The van der Waals surface area contributed by atoms with E-state index in [1.807, 2.05) is 0 Å². The van der Waals surface area contributed by atoms with Crippen molar-refractivity contribution in [3.8, 4) is 0 Å². The Labute approximate surface area is 257 Å². The average Bonchev–Trinajstić information content (AvgIpc) is 3.42. The minimum absolute atomic E-state index is 0. The Morgan fingerprint density at radius 3 is 1.40 bits per heavy atom. The van der Waals surface area contributed by atoms with Crippen molar-refractivity contribution in [2.24, 2.45) is 11.8 Å². The van der Waals surface area contributed by atoms with Gasteiger partial charge in [-0.15, -0.1) is 0 Å². The van der Waals surface area contributed by atoms with Crippen LogP contribution in [0.15, 0.2) is 83.9 Å². The Morgan fingerprint density at radius 2 is 1.02 bits per heavy atom. The summed E-state index contributed by atoms with van der Waals surface area (Å²) in [6.45, 7) is 9.68. The molecule has 2 atom stereocenters.